The Bertz CT molecular complexity index is 793. The van der Waals surface area contributed by atoms with E-state index in [1.807, 2.05) is 0 Å². The van der Waals surface area contributed by atoms with Crippen molar-refractivity contribution in [3.63, 3.8) is 0 Å². The van der Waals surface area contributed by atoms with Crippen molar-refractivity contribution < 1.29 is 106 Å². The molecule has 0 saturated heterocycles. The summed E-state index contributed by atoms with van der Waals surface area (Å²) in [5, 5.41) is 7.76. The average molecular weight is 639 g/mol. The Labute approximate surface area is 215 Å². The van der Waals surface area contributed by atoms with Crippen LogP contribution in [0.3, 0.4) is 0 Å². The van der Waals surface area contributed by atoms with Gasteiger partial charge in [0.15, 0.2) is 0 Å². The van der Waals surface area contributed by atoms with E-state index in [0.29, 0.717) is 0 Å². The molecule has 0 radical (unpaired) electrons. The van der Waals surface area contributed by atoms with Gasteiger partial charge in [-0.25, -0.2) is 4.79 Å². The number of halogens is 22. The molecule has 0 aliphatic carbocycles. The maximum atomic E-state index is 13.7. The molecular formula is C11H3CaF22NO2. The van der Waals surface area contributed by atoms with Crippen molar-refractivity contribution in [1.82, 2.24) is 4.90 Å². The number of alkyl halides is 22. The Morgan fingerprint density at radius 2 is 0.649 bits per heavy atom. The Kier molecular flexibility index (Phi) is 10.00. The molecule has 0 aromatic heterocycles. The second kappa shape index (κ2) is 9.66. The number of hydrogen-bond acceptors (Lipinski definition) is 2. The molecule has 0 heterocycles. The summed E-state index contributed by atoms with van der Waals surface area (Å²) in [5.41, 5.74) is 0. The Morgan fingerprint density at radius 3 is 0.811 bits per heavy atom. The Balaban J connectivity index is 0. The third kappa shape index (κ3) is 5.20. The minimum absolute atomic E-state index is 0. The van der Waals surface area contributed by atoms with Crippen molar-refractivity contribution in [3.8, 4) is 0 Å². The molecule has 0 unspecified atom stereocenters. The normalized spacial score (nSPS) is 16.1. The Morgan fingerprint density at radius 1 is 0.432 bits per heavy atom. The number of carboxylic acids is 1. The van der Waals surface area contributed by atoms with Crippen molar-refractivity contribution in [3.05, 3.63) is 0 Å². The topological polar surface area (TPSA) is 40.5 Å². The fourth-order valence-electron chi connectivity index (χ4n) is 1.81. The van der Waals surface area contributed by atoms with Crippen LogP contribution in [0.5, 0.6) is 0 Å². The summed E-state index contributed by atoms with van der Waals surface area (Å²) in [4.78, 5) is 4.48. The molecule has 0 spiro atoms. The van der Waals surface area contributed by atoms with E-state index in [-0.39, 0.29) is 37.7 Å². The number of carboxylic acid groups (broad SMARTS) is 1. The van der Waals surface area contributed by atoms with Crippen LogP contribution in [0, 0.1) is 0 Å². The van der Waals surface area contributed by atoms with Crippen LogP contribution in [-0.4, -0.2) is 114 Å². The molecule has 1 N–H and O–H groups in total. The molecule has 0 aliphatic heterocycles. The van der Waals surface area contributed by atoms with E-state index in [0.717, 1.165) is 0 Å². The molecule has 0 amide bonds. The number of aliphatic carboxylic acids is 1. The molecule has 0 fully saturated rings. The summed E-state index contributed by atoms with van der Waals surface area (Å²) in [6.45, 7) is 0. The van der Waals surface area contributed by atoms with Crippen molar-refractivity contribution in [2.75, 3.05) is 0 Å². The standard InChI is InChI=1S/C11HF22NO2.Ca.2H/c12-2(13,1(35)36)9(28,29)34(10(30,31)5(18,19)3(14,15)7(22,23)24)11(32,33)6(20,21)4(16,17)8(25,26)27;;;/h(H,35,36);;;. The zero-order valence-corrected chi connectivity index (χ0v) is 15.1. The average Bonchev–Trinajstić information content (AvgIpc) is 2.57. The summed E-state index contributed by atoms with van der Waals surface area (Å²) in [5.74, 6) is -48.5. The first-order chi connectivity index (χ1) is 15.1. The van der Waals surface area contributed by atoms with Crippen LogP contribution in [0.2, 0.25) is 0 Å². The van der Waals surface area contributed by atoms with Gasteiger partial charge in [0.25, 0.3) is 0 Å². The van der Waals surface area contributed by atoms with Crippen molar-refractivity contribution >= 4 is 43.7 Å². The van der Waals surface area contributed by atoms with E-state index < -0.39 is 71.0 Å². The van der Waals surface area contributed by atoms with Gasteiger partial charge in [-0.05, 0) is 0 Å². The fraction of sp³-hybridized carbons (Fsp3) is 0.909. The first-order valence-corrected chi connectivity index (χ1v) is 7.26. The van der Waals surface area contributed by atoms with Crippen LogP contribution in [-0.2, 0) is 4.79 Å². The summed E-state index contributed by atoms with van der Waals surface area (Å²) >= 11 is 0. The SMILES string of the molecule is O=C(O)C(F)(F)C(F)(F)N(C(F)(F)C(F)(F)C(F)(F)C(F)(F)F)C(F)(F)C(F)(F)C(F)(F)C(F)(F)F.[CaH2]. The van der Waals surface area contributed by atoms with Crippen molar-refractivity contribution in [2.24, 2.45) is 0 Å². The van der Waals surface area contributed by atoms with Crippen molar-refractivity contribution in [1.29, 1.82) is 0 Å². The maximum absolute atomic E-state index is 13.7. The molecule has 0 atom stereocenters. The molecule has 0 aromatic carbocycles. The monoisotopic (exact) mass is 639 g/mol. The van der Waals surface area contributed by atoms with Gasteiger partial charge in [-0.15, -0.1) is 4.90 Å². The molecule has 0 bridgehead atoms. The summed E-state index contributed by atoms with van der Waals surface area (Å²) in [7, 11) is 0. The fourth-order valence-corrected chi connectivity index (χ4v) is 1.81. The molecular weight excluding hydrogens is 636 g/mol. The van der Waals surface area contributed by atoms with E-state index in [2.05, 4.69) is 0 Å². The Hall–Kier alpha value is -0.850. The van der Waals surface area contributed by atoms with Crippen LogP contribution in [0.4, 0.5) is 96.6 Å². The minimum atomic E-state index is -9.33. The summed E-state index contributed by atoms with van der Waals surface area (Å²) in [6, 6.07) is -27.5. The van der Waals surface area contributed by atoms with E-state index in [4.69, 9.17) is 5.11 Å². The van der Waals surface area contributed by atoms with Gasteiger partial charge >= 0.3 is 104 Å². The molecule has 220 valence electrons. The molecule has 0 aliphatic rings. The molecule has 0 aromatic rings. The van der Waals surface area contributed by atoms with Gasteiger partial charge in [-0.1, -0.05) is 0 Å². The first-order valence-electron chi connectivity index (χ1n) is 7.26. The van der Waals surface area contributed by atoms with Gasteiger partial charge in [0.05, 0.1) is 0 Å². The van der Waals surface area contributed by atoms with Gasteiger partial charge in [-0.3, -0.25) is 0 Å². The molecule has 0 rings (SSSR count). The predicted molar refractivity (Wildman–Crippen MR) is 69.7 cm³/mol. The molecule has 3 nitrogen and oxygen atoms in total. The van der Waals surface area contributed by atoms with E-state index in [1.165, 1.54) is 0 Å². The number of hydrogen-bond donors (Lipinski definition) is 1. The van der Waals surface area contributed by atoms with Gasteiger partial charge in [0.1, 0.15) is 0 Å². The van der Waals surface area contributed by atoms with Crippen LogP contribution in [0.1, 0.15) is 0 Å². The van der Waals surface area contributed by atoms with E-state index in [9.17, 15) is 101 Å². The van der Waals surface area contributed by atoms with Gasteiger partial charge in [0, 0.05) is 0 Å². The second-order valence-electron chi connectivity index (χ2n) is 6.13. The third-order valence-electron chi connectivity index (χ3n) is 3.75. The van der Waals surface area contributed by atoms with Crippen LogP contribution >= 0.6 is 0 Å². The zero-order chi connectivity index (χ0) is 30.2. The number of carbonyl (C=O) groups is 1. The van der Waals surface area contributed by atoms with Crippen molar-refractivity contribution in [2.45, 2.75) is 60.1 Å². The molecule has 37 heavy (non-hydrogen) atoms. The predicted octanol–water partition coefficient (Wildman–Crippen LogP) is 5.54. The quantitative estimate of drug-likeness (QED) is 0.205. The van der Waals surface area contributed by atoms with Gasteiger partial charge < -0.3 is 5.11 Å². The zero-order valence-electron chi connectivity index (χ0n) is 15.1. The van der Waals surface area contributed by atoms with Gasteiger partial charge in [0.2, 0.25) is 0 Å². The summed E-state index contributed by atoms with van der Waals surface area (Å²) in [6.07, 6.45) is -16.4. The van der Waals surface area contributed by atoms with Gasteiger partial charge in [-0.2, -0.15) is 96.6 Å². The summed E-state index contributed by atoms with van der Waals surface area (Å²) < 4.78 is 285. The first kappa shape index (κ1) is 38.3. The molecule has 0 saturated carbocycles. The van der Waals surface area contributed by atoms with Crippen LogP contribution < -0.4 is 0 Å². The van der Waals surface area contributed by atoms with Crippen LogP contribution in [0.25, 0.3) is 0 Å². The van der Waals surface area contributed by atoms with E-state index in [1.54, 1.807) is 0 Å². The van der Waals surface area contributed by atoms with Crippen LogP contribution in [0.15, 0.2) is 0 Å². The third-order valence-corrected chi connectivity index (χ3v) is 3.75. The second-order valence-corrected chi connectivity index (χ2v) is 6.13. The number of nitrogens with zero attached hydrogens (tertiary/aromatic N) is 1. The molecule has 26 heteroatoms. The van der Waals surface area contributed by atoms with E-state index >= 15 is 0 Å². The number of rotatable bonds is 9.